The van der Waals surface area contributed by atoms with Gasteiger partial charge in [0.2, 0.25) is 0 Å². The molecule has 32 heavy (non-hydrogen) atoms. The number of aromatic nitrogens is 4. The Bertz CT molecular complexity index is 1210. The highest BCUT2D eigenvalue weighted by atomic mass is 35.5. The molecule has 1 saturated heterocycles. The van der Waals surface area contributed by atoms with Gasteiger partial charge in [0.1, 0.15) is 17.2 Å². The largest absolute Gasteiger partial charge is 0.353 e. The number of hydrogen-bond donors (Lipinski definition) is 0. The van der Waals surface area contributed by atoms with E-state index in [1.165, 1.54) is 12.1 Å². The van der Waals surface area contributed by atoms with Crippen LogP contribution in [0.3, 0.4) is 0 Å². The Morgan fingerprint density at radius 3 is 2.31 bits per heavy atom. The van der Waals surface area contributed by atoms with Crippen LogP contribution in [0.15, 0.2) is 73.3 Å². The Kier molecular flexibility index (Phi) is 5.36. The molecule has 9 heteroatoms. The Labute approximate surface area is 189 Å². The fraction of sp³-hybridized carbons (Fsp3) is 0.174. The summed E-state index contributed by atoms with van der Waals surface area (Å²) >= 11 is 5.93. The molecule has 0 N–H and O–H groups in total. The maximum absolute atomic E-state index is 13.5. The molecule has 1 aliphatic rings. The average molecular weight is 451 g/mol. The minimum atomic E-state index is -0.326. The van der Waals surface area contributed by atoms with Crippen molar-refractivity contribution in [2.45, 2.75) is 0 Å². The lowest BCUT2D eigenvalue weighted by atomic mass is 10.2. The second-order valence-electron chi connectivity index (χ2n) is 7.47. The summed E-state index contributed by atoms with van der Waals surface area (Å²) in [6, 6.07) is 13.5. The number of carbonyl (C=O) groups excluding carboxylic acids is 1. The van der Waals surface area contributed by atoms with Gasteiger partial charge in [-0.15, -0.1) is 0 Å². The zero-order valence-electron chi connectivity index (χ0n) is 17.1. The van der Waals surface area contributed by atoms with Gasteiger partial charge in [-0.1, -0.05) is 11.6 Å². The Hall–Kier alpha value is -3.65. The van der Waals surface area contributed by atoms with Gasteiger partial charge in [-0.2, -0.15) is 5.10 Å². The molecular formula is C23H20ClFN6O. The van der Waals surface area contributed by atoms with E-state index in [4.69, 9.17) is 11.6 Å². The third kappa shape index (κ3) is 3.85. The third-order valence-corrected chi connectivity index (χ3v) is 5.72. The van der Waals surface area contributed by atoms with Crippen molar-refractivity contribution in [3.05, 3.63) is 89.7 Å². The summed E-state index contributed by atoms with van der Waals surface area (Å²) in [7, 11) is 0. The number of anilines is 1. The number of pyridine rings is 1. The quantitative estimate of drug-likeness (QED) is 0.474. The molecule has 0 saturated carbocycles. The molecular weight excluding hydrogens is 431 g/mol. The number of nitrogens with zero attached hydrogens (tertiary/aromatic N) is 6. The first-order valence-corrected chi connectivity index (χ1v) is 10.6. The van der Waals surface area contributed by atoms with Crippen LogP contribution in [0.2, 0.25) is 5.02 Å². The van der Waals surface area contributed by atoms with E-state index in [1.807, 2.05) is 46.1 Å². The Balaban J connectivity index is 1.40. The van der Waals surface area contributed by atoms with Gasteiger partial charge < -0.3 is 14.4 Å². The zero-order valence-corrected chi connectivity index (χ0v) is 17.9. The van der Waals surface area contributed by atoms with Gasteiger partial charge >= 0.3 is 0 Å². The maximum atomic E-state index is 13.5. The molecule has 5 rings (SSSR count). The number of carbonyl (C=O) groups is 1. The van der Waals surface area contributed by atoms with E-state index in [0.29, 0.717) is 48.3 Å². The normalized spacial score (nSPS) is 14.1. The highest BCUT2D eigenvalue weighted by Gasteiger charge is 2.27. The molecule has 3 aromatic heterocycles. The summed E-state index contributed by atoms with van der Waals surface area (Å²) in [5, 5.41) is 5.05. The lowest BCUT2D eigenvalue weighted by Gasteiger charge is -2.35. The van der Waals surface area contributed by atoms with Crippen molar-refractivity contribution in [1.82, 2.24) is 24.2 Å². The maximum Gasteiger partial charge on any atom is 0.259 e. The van der Waals surface area contributed by atoms with E-state index in [9.17, 15) is 9.18 Å². The molecule has 4 heterocycles. The number of halogens is 2. The summed E-state index contributed by atoms with van der Waals surface area (Å²) in [6.07, 6.45) is 6.92. The van der Waals surface area contributed by atoms with Gasteiger partial charge in [-0.25, -0.2) is 14.1 Å². The first-order valence-electron chi connectivity index (χ1n) is 10.2. The van der Waals surface area contributed by atoms with Crippen LogP contribution in [0.25, 0.3) is 11.5 Å². The van der Waals surface area contributed by atoms with E-state index in [1.54, 1.807) is 29.2 Å². The fourth-order valence-corrected chi connectivity index (χ4v) is 3.96. The molecule has 0 aliphatic carbocycles. The highest BCUT2D eigenvalue weighted by molar-refractivity contribution is 6.30. The summed E-state index contributed by atoms with van der Waals surface area (Å²) in [6.45, 7) is 2.47. The number of hydrogen-bond acceptors (Lipinski definition) is 4. The van der Waals surface area contributed by atoms with Crippen molar-refractivity contribution in [2.24, 2.45) is 0 Å². The summed E-state index contributed by atoms with van der Waals surface area (Å²) < 4.78 is 16.9. The van der Waals surface area contributed by atoms with Crippen LogP contribution in [-0.2, 0) is 0 Å². The molecule has 0 unspecified atom stereocenters. The van der Waals surface area contributed by atoms with E-state index in [-0.39, 0.29) is 11.7 Å². The summed E-state index contributed by atoms with van der Waals surface area (Å²) in [5.74, 6) is 1.05. The SMILES string of the molecule is O=C(c1cnn(-c2ccc(F)cc2)c1-n1cccc1)N1CCN(c2ccc(Cl)cn2)CC1. The second-order valence-corrected chi connectivity index (χ2v) is 7.91. The lowest BCUT2D eigenvalue weighted by Crippen LogP contribution is -2.49. The van der Waals surface area contributed by atoms with Crippen LogP contribution in [0.1, 0.15) is 10.4 Å². The molecule has 0 radical (unpaired) electrons. The van der Waals surface area contributed by atoms with E-state index in [2.05, 4.69) is 15.0 Å². The van der Waals surface area contributed by atoms with Crippen LogP contribution in [-0.4, -0.2) is 56.3 Å². The number of piperazine rings is 1. The predicted molar refractivity (Wildman–Crippen MR) is 120 cm³/mol. The number of amides is 1. The van der Waals surface area contributed by atoms with Gasteiger partial charge in [0.15, 0.2) is 5.82 Å². The van der Waals surface area contributed by atoms with Crippen molar-refractivity contribution in [1.29, 1.82) is 0 Å². The molecule has 1 fully saturated rings. The first-order chi connectivity index (χ1) is 15.6. The monoisotopic (exact) mass is 450 g/mol. The topological polar surface area (TPSA) is 59.2 Å². The second kappa shape index (κ2) is 8.47. The smallest absolute Gasteiger partial charge is 0.259 e. The lowest BCUT2D eigenvalue weighted by molar-refractivity contribution is 0.0746. The van der Waals surface area contributed by atoms with Crippen LogP contribution in [0.5, 0.6) is 0 Å². The standard InChI is InChI=1S/C23H20ClFN6O/c24-17-3-8-21(26-15-17)28-11-13-30(14-12-28)23(32)20-16-27-31(19-6-4-18(25)5-7-19)22(20)29-9-1-2-10-29/h1-10,15-16H,11-14H2. The van der Waals surface area contributed by atoms with E-state index >= 15 is 0 Å². The zero-order chi connectivity index (χ0) is 22.1. The molecule has 1 aliphatic heterocycles. The van der Waals surface area contributed by atoms with E-state index in [0.717, 1.165) is 5.82 Å². The summed E-state index contributed by atoms with van der Waals surface area (Å²) in [5.41, 5.74) is 1.16. The van der Waals surface area contributed by atoms with Crippen LogP contribution in [0, 0.1) is 5.82 Å². The molecule has 1 amide bonds. The fourth-order valence-electron chi connectivity index (χ4n) is 3.85. The molecule has 0 atom stereocenters. The summed E-state index contributed by atoms with van der Waals surface area (Å²) in [4.78, 5) is 21.8. The van der Waals surface area contributed by atoms with Gasteiger partial charge in [0.05, 0.1) is 16.9 Å². The van der Waals surface area contributed by atoms with Crippen LogP contribution < -0.4 is 4.90 Å². The molecule has 7 nitrogen and oxygen atoms in total. The van der Waals surface area contributed by atoms with Crippen LogP contribution >= 0.6 is 11.6 Å². The molecule has 162 valence electrons. The molecule has 1 aromatic carbocycles. The molecule has 0 bridgehead atoms. The van der Waals surface area contributed by atoms with Crippen LogP contribution in [0.4, 0.5) is 10.2 Å². The predicted octanol–water partition coefficient (Wildman–Crippen LogP) is 3.81. The minimum absolute atomic E-state index is 0.0919. The van der Waals surface area contributed by atoms with Crippen molar-refractivity contribution in [3.8, 4) is 11.5 Å². The third-order valence-electron chi connectivity index (χ3n) is 5.50. The average Bonchev–Trinajstić information content (AvgIpc) is 3.50. The van der Waals surface area contributed by atoms with Crippen molar-refractivity contribution < 1.29 is 9.18 Å². The molecule has 0 spiro atoms. The molecule has 4 aromatic rings. The Morgan fingerprint density at radius 1 is 0.938 bits per heavy atom. The van der Waals surface area contributed by atoms with Crippen molar-refractivity contribution >= 4 is 23.3 Å². The first kappa shape index (κ1) is 20.3. The van der Waals surface area contributed by atoms with Crippen molar-refractivity contribution in [2.75, 3.05) is 31.1 Å². The Morgan fingerprint density at radius 2 is 1.66 bits per heavy atom. The number of rotatable bonds is 4. The van der Waals surface area contributed by atoms with E-state index < -0.39 is 0 Å². The van der Waals surface area contributed by atoms with Crippen molar-refractivity contribution in [3.63, 3.8) is 0 Å². The highest BCUT2D eigenvalue weighted by Crippen LogP contribution is 2.23. The minimum Gasteiger partial charge on any atom is -0.353 e. The van der Waals surface area contributed by atoms with Gasteiger partial charge in [0.25, 0.3) is 5.91 Å². The number of benzene rings is 1. The van der Waals surface area contributed by atoms with Gasteiger partial charge in [-0.05, 0) is 48.5 Å². The van der Waals surface area contributed by atoms with Gasteiger partial charge in [0, 0.05) is 44.8 Å². The van der Waals surface area contributed by atoms with Gasteiger partial charge in [-0.3, -0.25) is 4.79 Å².